The molecule has 0 aromatic rings. The highest BCUT2D eigenvalue weighted by Gasteiger charge is 2.03. The minimum atomic E-state index is -0.572. The van der Waals surface area contributed by atoms with Crippen molar-refractivity contribution in [1.29, 1.82) is 0 Å². The fraction of sp³-hybridized carbons (Fsp3) is 0.600. The lowest BCUT2D eigenvalue weighted by Crippen LogP contribution is -2.31. The summed E-state index contributed by atoms with van der Waals surface area (Å²) in [7, 11) is 0. The van der Waals surface area contributed by atoms with E-state index in [-0.39, 0.29) is 10.3 Å². The van der Waals surface area contributed by atoms with E-state index in [0.29, 0.717) is 13.0 Å². The van der Waals surface area contributed by atoms with Crippen LogP contribution in [-0.2, 0) is 9.47 Å². The van der Waals surface area contributed by atoms with Crippen molar-refractivity contribution >= 4 is 34.8 Å². The average Bonchev–Trinajstić information content (AvgIpc) is 1.84. The third-order valence-corrected chi connectivity index (χ3v) is 1.13. The third-order valence-electron chi connectivity index (χ3n) is 0.914. The second-order valence-electron chi connectivity index (χ2n) is 1.93. The average molecular weight is 209 g/mol. The van der Waals surface area contributed by atoms with Crippen LogP contribution in [-0.4, -0.2) is 23.2 Å². The molecule has 0 fully saturated rings. The first-order chi connectivity index (χ1) is 5.52. The molecule has 7 heteroatoms. The molecule has 0 aliphatic rings. The van der Waals surface area contributed by atoms with Crippen LogP contribution in [0.3, 0.4) is 0 Å². The molecule has 5 nitrogen and oxygen atoms in total. The molecule has 1 atom stereocenters. The SMILES string of the molecule is NC(=S)OCCC(N)OC(N)=S. The molecule has 0 rings (SSSR count). The van der Waals surface area contributed by atoms with Crippen LogP contribution in [0.15, 0.2) is 0 Å². The summed E-state index contributed by atoms with van der Waals surface area (Å²) in [6, 6.07) is 0. The number of hydrogen-bond acceptors (Lipinski definition) is 5. The van der Waals surface area contributed by atoms with Gasteiger partial charge in [0.15, 0.2) is 6.23 Å². The maximum Gasteiger partial charge on any atom is 0.255 e. The summed E-state index contributed by atoms with van der Waals surface area (Å²) in [5, 5.41) is -0.102. The van der Waals surface area contributed by atoms with Gasteiger partial charge in [0.25, 0.3) is 10.3 Å². The molecule has 0 aromatic heterocycles. The Morgan fingerprint density at radius 1 is 1.25 bits per heavy atom. The molecule has 0 aromatic carbocycles. The van der Waals surface area contributed by atoms with Crippen molar-refractivity contribution in [3.8, 4) is 0 Å². The topological polar surface area (TPSA) is 96.5 Å². The summed E-state index contributed by atoms with van der Waals surface area (Å²) in [6.07, 6.45) is -0.147. The van der Waals surface area contributed by atoms with Crippen molar-refractivity contribution in [2.24, 2.45) is 17.2 Å². The molecule has 1 unspecified atom stereocenters. The van der Waals surface area contributed by atoms with Crippen LogP contribution >= 0.6 is 24.4 Å². The van der Waals surface area contributed by atoms with Crippen LogP contribution in [0, 0.1) is 0 Å². The highest BCUT2D eigenvalue weighted by Crippen LogP contribution is 1.91. The predicted octanol–water partition coefficient (Wildman–Crippen LogP) is -0.818. The quantitative estimate of drug-likeness (QED) is 0.411. The van der Waals surface area contributed by atoms with E-state index < -0.39 is 6.23 Å². The highest BCUT2D eigenvalue weighted by atomic mass is 32.1. The fourth-order valence-corrected chi connectivity index (χ4v) is 0.691. The lowest BCUT2D eigenvalue weighted by Gasteiger charge is -2.12. The molecular weight excluding hydrogens is 198 g/mol. The first-order valence-electron chi connectivity index (χ1n) is 3.16. The Morgan fingerprint density at radius 3 is 2.25 bits per heavy atom. The fourth-order valence-electron chi connectivity index (χ4n) is 0.484. The summed E-state index contributed by atoms with van der Waals surface area (Å²) in [5.74, 6) is 0. The zero-order chi connectivity index (χ0) is 9.56. The molecule has 0 amide bonds. The minimum absolute atomic E-state index is 0.0162. The molecule has 12 heavy (non-hydrogen) atoms. The largest absolute Gasteiger partial charge is 0.471 e. The molecule has 0 bridgehead atoms. The zero-order valence-electron chi connectivity index (χ0n) is 6.36. The Labute approximate surface area is 81.2 Å². The molecule has 0 heterocycles. The molecule has 0 aliphatic carbocycles. The lowest BCUT2D eigenvalue weighted by molar-refractivity contribution is 0.156. The normalized spacial score (nSPS) is 11.8. The van der Waals surface area contributed by atoms with E-state index in [4.69, 9.17) is 26.7 Å². The van der Waals surface area contributed by atoms with Crippen LogP contribution < -0.4 is 17.2 Å². The summed E-state index contributed by atoms with van der Waals surface area (Å²) in [4.78, 5) is 0. The smallest absolute Gasteiger partial charge is 0.255 e. The Morgan fingerprint density at radius 2 is 1.83 bits per heavy atom. The van der Waals surface area contributed by atoms with Gasteiger partial charge in [0, 0.05) is 6.42 Å². The Bertz CT molecular complexity index is 176. The number of ether oxygens (including phenoxy) is 2. The first-order valence-corrected chi connectivity index (χ1v) is 3.98. The number of hydrogen-bond donors (Lipinski definition) is 3. The monoisotopic (exact) mass is 209 g/mol. The lowest BCUT2D eigenvalue weighted by atomic mass is 10.4. The van der Waals surface area contributed by atoms with Gasteiger partial charge in [-0.15, -0.1) is 0 Å². The van der Waals surface area contributed by atoms with Crippen molar-refractivity contribution in [3.05, 3.63) is 0 Å². The summed E-state index contributed by atoms with van der Waals surface area (Å²) < 4.78 is 9.51. The van der Waals surface area contributed by atoms with Crippen LogP contribution in [0.1, 0.15) is 6.42 Å². The van der Waals surface area contributed by atoms with Crippen LogP contribution in [0.4, 0.5) is 0 Å². The van der Waals surface area contributed by atoms with Gasteiger partial charge in [-0.05, 0) is 24.4 Å². The van der Waals surface area contributed by atoms with E-state index in [1.54, 1.807) is 0 Å². The summed E-state index contributed by atoms with van der Waals surface area (Å²) in [5.41, 5.74) is 15.5. The van der Waals surface area contributed by atoms with E-state index in [0.717, 1.165) is 0 Å². The first kappa shape index (κ1) is 11.3. The van der Waals surface area contributed by atoms with Crippen molar-refractivity contribution < 1.29 is 9.47 Å². The minimum Gasteiger partial charge on any atom is -0.471 e. The maximum absolute atomic E-state index is 5.41. The molecule has 0 saturated carbocycles. The maximum atomic E-state index is 5.41. The molecule has 0 saturated heterocycles. The number of rotatable bonds is 4. The van der Waals surface area contributed by atoms with Gasteiger partial charge in [-0.25, -0.2) is 0 Å². The van der Waals surface area contributed by atoms with Crippen LogP contribution in [0.5, 0.6) is 0 Å². The van der Waals surface area contributed by atoms with Gasteiger partial charge >= 0.3 is 0 Å². The van der Waals surface area contributed by atoms with Gasteiger partial charge in [-0.2, -0.15) is 0 Å². The van der Waals surface area contributed by atoms with E-state index in [9.17, 15) is 0 Å². The molecule has 0 spiro atoms. The Balaban J connectivity index is 3.37. The van der Waals surface area contributed by atoms with Crippen LogP contribution in [0.2, 0.25) is 0 Å². The Kier molecular flexibility index (Phi) is 5.60. The van der Waals surface area contributed by atoms with Crippen LogP contribution in [0.25, 0.3) is 0 Å². The molecule has 6 N–H and O–H groups in total. The highest BCUT2D eigenvalue weighted by molar-refractivity contribution is 7.80. The van der Waals surface area contributed by atoms with E-state index >= 15 is 0 Å². The molecule has 0 radical (unpaired) electrons. The van der Waals surface area contributed by atoms with E-state index in [1.807, 2.05) is 0 Å². The Hall–Kier alpha value is -0.660. The third kappa shape index (κ3) is 7.45. The predicted molar refractivity (Wildman–Crippen MR) is 53.2 cm³/mol. The summed E-state index contributed by atoms with van der Waals surface area (Å²) in [6.45, 7) is 0.291. The van der Waals surface area contributed by atoms with E-state index in [2.05, 4.69) is 24.4 Å². The van der Waals surface area contributed by atoms with Gasteiger partial charge in [0.1, 0.15) is 0 Å². The molecular formula is C5H11N3O2S2. The standard InChI is InChI=1S/C5H11N3O2S2/c6-3(10-5(8)12)1-2-9-4(7)11/h3H,1-2,6H2,(H2,7,11)(H2,8,12). The second kappa shape index (κ2) is 5.92. The second-order valence-corrected chi connectivity index (χ2v) is 2.74. The van der Waals surface area contributed by atoms with Crippen molar-refractivity contribution in [2.75, 3.05) is 6.61 Å². The summed E-state index contributed by atoms with van der Waals surface area (Å²) >= 11 is 8.92. The number of thiocarbonyl (C=S) groups is 2. The van der Waals surface area contributed by atoms with Gasteiger partial charge in [-0.1, -0.05) is 0 Å². The van der Waals surface area contributed by atoms with E-state index in [1.165, 1.54) is 0 Å². The molecule has 0 aliphatic heterocycles. The number of nitrogens with two attached hydrogens (primary N) is 3. The van der Waals surface area contributed by atoms with Crippen molar-refractivity contribution in [2.45, 2.75) is 12.6 Å². The molecule has 70 valence electrons. The van der Waals surface area contributed by atoms with Crippen molar-refractivity contribution in [1.82, 2.24) is 0 Å². The van der Waals surface area contributed by atoms with Crippen molar-refractivity contribution in [3.63, 3.8) is 0 Å². The zero-order valence-corrected chi connectivity index (χ0v) is 7.99. The van der Waals surface area contributed by atoms with Gasteiger partial charge in [0.2, 0.25) is 0 Å². The van der Waals surface area contributed by atoms with Gasteiger partial charge in [0.05, 0.1) is 6.61 Å². The van der Waals surface area contributed by atoms with Gasteiger partial charge < -0.3 is 20.9 Å². The van der Waals surface area contributed by atoms with Gasteiger partial charge in [-0.3, -0.25) is 5.73 Å².